The Kier molecular flexibility index (Phi) is 12.2. The zero-order valence-electron chi connectivity index (χ0n) is 27.5. The Morgan fingerprint density at radius 1 is 0.500 bits per heavy atom. The second kappa shape index (κ2) is 15.4. The fourth-order valence-corrected chi connectivity index (χ4v) is 6.92. The number of nitrogens with one attached hydrogen (secondary N) is 1. The Morgan fingerprint density at radius 3 is 0.864 bits per heavy atom. The summed E-state index contributed by atoms with van der Waals surface area (Å²) in [5, 5.41) is 0. The van der Waals surface area contributed by atoms with E-state index < -0.39 is 0 Å². The first-order chi connectivity index (χ1) is 20.9. The Morgan fingerprint density at radius 2 is 0.705 bits per heavy atom. The van der Waals surface area contributed by atoms with Crippen molar-refractivity contribution < 1.29 is 16.8 Å². The minimum absolute atomic E-state index is 0. The van der Waals surface area contributed by atoms with E-state index in [2.05, 4.69) is 79.7 Å². The molecule has 5 heterocycles. The van der Waals surface area contributed by atoms with E-state index in [0.717, 1.165) is 96.2 Å². The molecule has 5 rings (SSSR count). The third-order valence-corrected chi connectivity index (χ3v) is 8.82. The van der Waals surface area contributed by atoms with Crippen LogP contribution in [0.2, 0.25) is 0 Å². The number of rotatable bonds is 8. The summed E-state index contributed by atoms with van der Waals surface area (Å²) in [6.45, 7) is 17.9. The van der Waals surface area contributed by atoms with Crippen LogP contribution in [0.15, 0.2) is 24.3 Å². The van der Waals surface area contributed by atoms with Crippen LogP contribution < -0.4 is 9.97 Å². The van der Waals surface area contributed by atoms with E-state index in [1.807, 2.05) is 0 Å². The molecule has 8 bridgehead atoms. The molecule has 0 radical (unpaired) electrons. The van der Waals surface area contributed by atoms with Gasteiger partial charge in [0, 0.05) is 0 Å². The molecule has 1 N–H and O–H groups in total. The third kappa shape index (κ3) is 6.30. The van der Waals surface area contributed by atoms with Crippen LogP contribution in [0.5, 0.6) is 0 Å². The number of hydrogen-bond donors (Lipinski definition) is 1. The van der Waals surface area contributed by atoms with Gasteiger partial charge in [-0.25, -0.2) is 9.97 Å². The standard InChI is InChI=1S/C36H44N4.Co.HN3/c1-9-21-22(10-2)30-18-32-25(13-5)26(14-6)34(39-32)20-36-28(16-8)27(15-7)35(40-36)19-33-24(12-4)23(11-3)31(38-33)17-29(21)37-30;;1-3-2/h17-20H,9-16H2,1-8H3;;1H/q-2;+3;. The summed E-state index contributed by atoms with van der Waals surface area (Å²) in [6, 6.07) is 8.98. The Balaban J connectivity index is 0.00000127. The molecule has 2 aliphatic rings. The monoisotopic (exact) mass is 634 g/mol. The van der Waals surface area contributed by atoms with Gasteiger partial charge in [-0.15, -0.1) is 27.6 Å². The summed E-state index contributed by atoms with van der Waals surface area (Å²) in [6.07, 6.45) is 7.60. The predicted molar refractivity (Wildman–Crippen MR) is 181 cm³/mol. The molecule has 0 saturated carbocycles. The molecule has 0 fully saturated rings. The first-order valence-electron chi connectivity index (χ1n) is 16.0. The maximum absolute atomic E-state index is 6.86. The normalized spacial score (nSPS) is 12.5. The van der Waals surface area contributed by atoms with Crippen LogP contribution in [-0.2, 0) is 42.5 Å². The van der Waals surface area contributed by atoms with Crippen molar-refractivity contribution in [2.24, 2.45) is 0 Å². The second-order valence-electron chi connectivity index (χ2n) is 10.9. The largest absolute Gasteiger partial charge is 3.00 e. The van der Waals surface area contributed by atoms with Gasteiger partial charge in [0.2, 0.25) is 0 Å². The molecule has 44 heavy (non-hydrogen) atoms. The molecular weight excluding hydrogens is 589 g/mol. The Labute approximate surface area is 272 Å². The Bertz CT molecular complexity index is 1540. The second-order valence-corrected chi connectivity index (χ2v) is 10.9. The number of aryl methyl sites for hydroxylation is 4. The fourth-order valence-electron chi connectivity index (χ4n) is 6.92. The van der Waals surface area contributed by atoms with Gasteiger partial charge in [0.05, 0.1) is 22.8 Å². The smallest absolute Gasteiger partial charge is 0.657 e. The van der Waals surface area contributed by atoms with E-state index in [-0.39, 0.29) is 16.8 Å². The average molecular weight is 635 g/mol. The van der Waals surface area contributed by atoms with E-state index in [0.29, 0.717) is 0 Å². The van der Waals surface area contributed by atoms with Crippen LogP contribution in [0.25, 0.3) is 54.8 Å². The molecule has 3 aromatic heterocycles. The van der Waals surface area contributed by atoms with Gasteiger partial charge in [-0.3, -0.25) is 0 Å². The molecule has 3 aromatic rings. The minimum Gasteiger partial charge on any atom is -0.657 e. The SMILES string of the molecule is CCC1=C(CC)c2cc3[n-]c(cc4nc(cc5[n-]c(cc1n2)c(CC)c5CC)C(CC)=C4CC)c(CC)c3CC.[Co+3].[N-]=[N+]=N. The van der Waals surface area contributed by atoms with Crippen LogP contribution in [0.4, 0.5) is 0 Å². The van der Waals surface area contributed by atoms with Crippen LogP contribution >= 0.6 is 0 Å². The molecule has 232 valence electrons. The zero-order valence-corrected chi connectivity index (χ0v) is 28.5. The van der Waals surface area contributed by atoms with Crippen molar-refractivity contribution in [2.75, 3.05) is 0 Å². The molecule has 2 aliphatic heterocycles. The van der Waals surface area contributed by atoms with Crippen LogP contribution in [0, 0.1) is 5.53 Å². The van der Waals surface area contributed by atoms with Crippen molar-refractivity contribution in [2.45, 2.75) is 107 Å². The summed E-state index contributed by atoms with van der Waals surface area (Å²) in [7, 11) is 0. The Hall–Kier alpha value is -3.58. The number of allylic oxidation sites excluding steroid dienone is 4. The quantitative estimate of drug-likeness (QED) is 0.151. The molecule has 0 aliphatic carbocycles. The molecule has 0 spiro atoms. The first-order valence-corrected chi connectivity index (χ1v) is 16.0. The topological polar surface area (TPSA) is 114 Å². The van der Waals surface area contributed by atoms with Crippen LogP contribution in [0.1, 0.15) is 126 Å². The van der Waals surface area contributed by atoms with E-state index in [1.54, 1.807) is 4.91 Å². The first kappa shape index (κ1) is 34.9. The molecule has 0 atom stereocenters. The van der Waals surface area contributed by atoms with Gasteiger partial charge in [0.1, 0.15) is 0 Å². The summed E-state index contributed by atoms with van der Waals surface area (Å²) in [5.74, 6) is 0. The molecule has 0 saturated heterocycles. The van der Waals surface area contributed by atoms with Gasteiger partial charge >= 0.3 is 16.8 Å². The van der Waals surface area contributed by atoms with Crippen molar-refractivity contribution in [3.8, 4) is 0 Å². The van der Waals surface area contributed by atoms with Gasteiger partial charge < -0.3 is 9.97 Å². The molecule has 8 heteroatoms. The van der Waals surface area contributed by atoms with Crippen molar-refractivity contribution in [3.05, 3.63) is 79.7 Å². The van der Waals surface area contributed by atoms with Crippen molar-refractivity contribution in [3.63, 3.8) is 0 Å². The summed E-state index contributed by atoms with van der Waals surface area (Å²) in [4.78, 5) is 22.8. The van der Waals surface area contributed by atoms with Crippen molar-refractivity contribution >= 4 is 44.4 Å². The fraction of sp³-hybridized carbons (Fsp3) is 0.444. The van der Waals surface area contributed by atoms with E-state index in [1.165, 1.54) is 44.5 Å². The molecule has 0 amide bonds. The number of fused-ring (bicyclic) bond motifs is 8. The van der Waals surface area contributed by atoms with Crippen molar-refractivity contribution in [1.82, 2.24) is 19.9 Å². The summed E-state index contributed by atoms with van der Waals surface area (Å²) >= 11 is 0. The van der Waals surface area contributed by atoms with Gasteiger partial charge in [-0.1, -0.05) is 102 Å². The molecule has 7 nitrogen and oxygen atoms in total. The molecular formula is C36H45CoN7+. The average Bonchev–Trinajstić information content (AvgIpc) is 3.72. The maximum Gasteiger partial charge on any atom is 3.00 e. The van der Waals surface area contributed by atoms with E-state index in [4.69, 9.17) is 31.0 Å². The van der Waals surface area contributed by atoms with Crippen molar-refractivity contribution in [1.29, 1.82) is 5.53 Å². The minimum atomic E-state index is 0. The maximum atomic E-state index is 6.86. The van der Waals surface area contributed by atoms with Gasteiger partial charge in [0.25, 0.3) is 0 Å². The number of nitrogens with zero attached hydrogens (tertiary/aromatic N) is 6. The van der Waals surface area contributed by atoms with Gasteiger partial charge in [0.15, 0.2) is 0 Å². The summed E-state index contributed by atoms with van der Waals surface area (Å²) in [5.41, 5.74) is 31.4. The van der Waals surface area contributed by atoms with E-state index >= 15 is 0 Å². The number of hydrogen-bond acceptors (Lipinski definition) is 3. The predicted octanol–water partition coefficient (Wildman–Crippen LogP) is 10.2. The van der Waals surface area contributed by atoms with E-state index in [9.17, 15) is 0 Å². The van der Waals surface area contributed by atoms with Gasteiger partial charge in [-0.2, -0.15) is 0 Å². The van der Waals surface area contributed by atoms with Gasteiger partial charge in [-0.05, 0) is 84.1 Å². The number of aromatic nitrogens is 4. The molecule has 0 unspecified atom stereocenters. The third-order valence-electron chi connectivity index (χ3n) is 8.82. The van der Waals surface area contributed by atoms with Crippen LogP contribution in [-0.4, -0.2) is 9.97 Å². The zero-order chi connectivity index (χ0) is 31.3. The van der Waals surface area contributed by atoms with Crippen LogP contribution in [0.3, 0.4) is 0 Å². The molecule has 0 aromatic carbocycles. The summed E-state index contributed by atoms with van der Waals surface area (Å²) < 4.78 is 0.